The number of alkyl halides is 3. The van der Waals surface area contributed by atoms with Crippen molar-refractivity contribution in [2.75, 3.05) is 5.32 Å². The summed E-state index contributed by atoms with van der Waals surface area (Å²) in [6.45, 7) is 1.86. The quantitative estimate of drug-likeness (QED) is 0.790. The molecule has 1 unspecified atom stereocenters. The van der Waals surface area contributed by atoms with Crippen molar-refractivity contribution in [1.82, 2.24) is 0 Å². The van der Waals surface area contributed by atoms with Crippen LogP contribution in [0, 0.1) is 11.7 Å². The molecule has 0 aromatic heterocycles. The highest BCUT2D eigenvalue weighted by molar-refractivity contribution is 5.48. The highest BCUT2D eigenvalue weighted by atomic mass is 19.4. The summed E-state index contributed by atoms with van der Waals surface area (Å²) in [7, 11) is 0. The fourth-order valence-corrected chi connectivity index (χ4v) is 1.99. The molecule has 0 amide bonds. The Labute approximate surface area is 103 Å². The van der Waals surface area contributed by atoms with Gasteiger partial charge in [0, 0.05) is 6.04 Å². The van der Waals surface area contributed by atoms with Crippen LogP contribution in [-0.4, -0.2) is 6.04 Å². The van der Waals surface area contributed by atoms with E-state index in [1.807, 2.05) is 6.92 Å². The van der Waals surface area contributed by atoms with Crippen LogP contribution in [0.25, 0.3) is 0 Å². The van der Waals surface area contributed by atoms with Gasteiger partial charge >= 0.3 is 6.18 Å². The summed E-state index contributed by atoms with van der Waals surface area (Å²) >= 11 is 0. The van der Waals surface area contributed by atoms with Gasteiger partial charge in [0.2, 0.25) is 0 Å². The maximum Gasteiger partial charge on any atom is 0.416 e. The maximum atomic E-state index is 13.4. The molecule has 0 saturated heterocycles. The molecule has 1 aliphatic rings. The van der Waals surface area contributed by atoms with Crippen molar-refractivity contribution in [3.63, 3.8) is 0 Å². The van der Waals surface area contributed by atoms with Crippen LogP contribution in [-0.2, 0) is 6.18 Å². The summed E-state index contributed by atoms with van der Waals surface area (Å²) in [5.74, 6) is -0.00740. The Morgan fingerprint density at radius 2 is 2.00 bits per heavy atom. The van der Waals surface area contributed by atoms with E-state index in [0.717, 1.165) is 37.5 Å². The van der Waals surface area contributed by atoms with Crippen molar-refractivity contribution in [2.24, 2.45) is 5.92 Å². The largest absolute Gasteiger partial charge is 0.416 e. The lowest BCUT2D eigenvalue weighted by molar-refractivity contribution is -0.137. The molecule has 1 N–H and O–H groups in total. The van der Waals surface area contributed by atoms with Gasteiger partial charge in [-0.1, -0.05) is 12.8 Å². The zero-order chi connectivity index (χ0) is 13.3. The molecule has 0 spiro atoms. The normalized spacial score (nSPS) is 17.6. The summed E-state index contributed by atoms with van der Waals surface area (Å²) in [5, 5.41) is 2.82. The van der Waals surface area contributed by atoms with Gasteiger partial charge in [0.05, 0.1) is 11.3 Å². The zero-order valence-corrected chi connectivity index (χ0v) is 10.0. The van der Waals surface area contributed by atoms with E-state index in [2.05, 4.69) is 5.32 Å². The third-order valence-corrected chi connectivity index (χ3v) is 3.08. The van der Waals surface area contributed by atoms with Gasteiger partial charge in [-0.3, -0.25) is 0 Å². The first-order valence-electron chi connectivity index (χ1n) is 5.99. The lowest BCUT2D eigenvalue weighted by atomic mass is 10.1. The van der Waals surface area contributed by atoms with Gasteiger partial charge in [-0.15, -0.1) is 0 Å². The Morgan fingerprint density at radius 3 is 2.56 bits per heavy atom. The van der Waals surface area contributed by atoms with Crippen LogP contribution < -0.4 is 5.32 Å². The average molecular weight is 261 g/mol. The molecule has 1 nitrogen and oxygen atoms in total. The molecule has 0 heterocycles. The Morgan fingerprint density at radius 1 is 1.33 bits per heavy atom. The number of rotatable bonds is 4. The van der Waals surface area contributed by atoms with E-state index in [-0.39, 0.29) is 11.7 Å². The Kier molecular flexibility index (Phi) is 3.50. The fraction of sp³-hybridized carbons (Fsp3) is 0.538. The van der Waals surface area contributed by atoms with Gasteiger partial charge in [0.1, 0.15) is 5.82 Å². The van der Waals surface area contributed by atoms with Crippen LogP contribution in [0.4, 0.5) is 23.2 Å². The van der Waals surface area contributed by atoms with Crippen LogP contribution in [0.5, 0.6) is 0 Å². The molecule has 5 heteroatoms. The molecule has 1 atom stereocenters. The lowest BCUT2D eigenvalue weighted by Gasteiger charge is -2.17. The first kappa shape index (κ1) is 13.2. The second-order valence-corrected chi connectivity index (χ2v) is 4.92. The minimum absolute atomic E-state index is 0.0181. The Hall–Kier alpha value is -1.26. The molecule has 0 bridgehead atoms. The second-order valence-electron chi connectivity index (χ2n) is 4.92. The van der Waals surface area contributed by atoms with Crippen molar-refractivity contribution in [1.29, 1.82) is 0 Å². The van der Waals surface area contributed by atoms with Gasteiger partial charge in [-0.25, -0.2) is 4.39 Å². The third kappa shape index (κ3) is 3.37. The first-order valence-corrected chi connectivity index (χ1v) is 5.99. The molecular formula is C13H15F4N. The first-order chi connectivity index (χ1) is 8.36. The number of halogens is 4. The molecule has 18 heavy (non-hydrogen) atoms. The van der Waals surface area contributed by atoms with E-state index in [1.54, 1.807) is 0 Å². The molecule has 1 aromatic carbocycles. The summed E-state index contributed by atoms with van der Waals surface area (Å²) in [6.07, 6.45) is -1.24. The van der Waals surface area contributed by atoms with Crippen molar-refractivity contribution >= 4 is 5.69 Å². The van der Waals surface area contributed by atoms with E-state index in [0.29, 0.717) is 5.92 Å². The number of benzene rings is 1. The average Bonchev–Trinajstić information content (AvgIpc) is 3.03. The minimum atomic E-state index is -4.44. The van der Waals surface area contributed by atoms with Gasteiger partial charge in [-0.05, 0) is 37.5 Å². The van der Waals surface area contributed by atoms with E-state index < -0.39 is 17.6 Å². The van der Waals surface area contributed by atoms with Crippen LogP contribution in [0.1, 0.15) is 31.7 Å². The van der Waals surface area contributed by atoms with Crippen LogP contribution in [0.2, 0.25) is 0 Å². The Bertz CT molecular complexity index is 423. The molecule has 1 aromatic rings. The van der Waals surface area contributed by atoms with Gasteiger partial charge in [-0.2, -0.15) is 13.2 Å². The molecular weight excluding hydrogens is 246 g/mol. The maximum absolute atomic E-state index is 13.4. The lowest BCUT2D eigenvalue weighted by Crippen LogP contribution is -2.17. The highest BCUT2D eigenvalue weighted by Crippen LogP contribution is 2.35. The van der Waals surface area contributed by atoms with E-state index in [1.165, 1.54) is 0 Å². The van der Waals surface area contributed by atoms with Gasteiger partial charge in [0.25, 0.3) is 0 Å². The Balaban J connectivity index is 2.10. The number of hydrogen-bond acceptors (Lipinski definition) is 1. The minimum Gasteiger partial charge on any atom is -0.380 e. The van der Waals surface area contributed by atoms with Gasteiger partial charge in [0.15, 0.2) is 0 Å². The van der Waals surface area contributed by atoms with Crippen molar-refractivity contribution < 1.29 is 17.6 Å². The van der Waals surface area contributed by atoms with Crippen LogP contribution >= 0.6 is 0 Å². The van der Waals surface area contributed by atoms with E-state index in [9.17, 15) is 17.6 Å². The number of nitrogens with one attached hydrogen (secondary N) is 1. The highest BCUT2D eigenvalue weighted by Gasteiger charge is 2.31. The predicted molar refractivity (Wildman–Crippen MR) is 61.8 cm³/mol. The monoisotopic (exact) mass is 261 g/mol. The van der Waals surface area contributed by atoms with Crippen molar-refractivity contribution in [2.45, 2.75) is 38.4 Å². The topological polar surface area (TPSA) is 12.0 Å². The zero-order valence-electron chi connectivity index (χ0n) is 10.0. The predicted octanol–water partition coefficient (Wildman–Crippen LogP) is 4.45. The fourth-order valence-electron chi connectivity index (χ4n) is 1.99. The third-order valence-electron chi connectivity index (χ3n) is 3.08. The molecule has 0 radical (unpaired) electrons. The van der Waals surface area contributed by atoms with Crippen molar-refractivity contribution in [3.8, 4) is 0 Å². The van der Waals surface area contributed by atoms with Crippen LogP contribution in [0.15, 0.2) is 18.2 Å². The summed E-state index contributed by atoms with van der Waals surface area (Å²) in [6, 6.07) is 2.43. The SMILES string of the molecule is CC(CC1CC1)Nc1cc(C(F)(F)F)ccc1F. The van der Waals surface area contributed by atoms with Gasteiger partial charge < -0.3 is 5.32 Å². The van der Waals surface area contributed by atoms with E-state index in [4.69, 9.17) is 0 Å². The standard InChI is InChI=1S/C13H15F4N/c1-8(6-9-2-3-9)18-12-7-10(13(15,16)17)4-5-11(12)14/h4-5,7-9,18H,2-3,6H2,1H3. The van der Waals surface area contributed by atoms with Crippen LogP contribution in [0.3, 0.4) is 0 Å². The van der Waals surface area contributed by atoms with E-state index >= 15 is 0 Å². The number of hydrogen-bond donors (Lipinski definition) is 1. The molecule has 100 valence electrons. The molecule has 2 rings (SSSR count). The summed E-state index contributed by atoms with van der Waals surface area (Å²) in [5.41, 5.74) is -0.900. The molecule has 1 aliphatic carbocycles. The second kappa shape index (κ2) is 4.78. The van der Waals surface area contributed by atoms with Crippen molar-refractivity contribution in [3.05, 3.63) is 29.6 Å². The molecule has 1 saturated carbocycles. The molecule has 1 fully saturated rings. The smallest absolute Gasteiger partial charge is 0.380 e. The number of anilines is 1. The summed E-state index contributed by atoms with van der Waals surface area (Å²) < 4.78 is 51.0. The summed E-state index contributed by atoms with van der Waals surface area (Å²) in [4.78, 5) is 0. The molecule has 0 aliphatic heterocycles.